The molecule has 1 aromatic heterocycles. The number of hydrogen-bond acceptors (Lipinski definition) is 2. The Kier molecular flexibility index (Phi) is 8.09. The van der Waals surface area contributed by atoms with Gasteiger partial charge in [0.05, 0.1) is 5.69 Å². The first-order valence-corrected chi connectivity index (χ1v) is 19.2. The van der Waals surface area contributed by atoms with Gasteiger partial charge in [-0.3, -0.25) is 0 Å². The van der Waals surface area contributed by atoms with E-state index in [1.807, 2.05) is 11.3 Å². The number of nitrogens with zero attached hydrogens (tertiary/aromatic N) is 1. The Hall–Kier alpha value is -6.74. The zero-order valence-electron chi connectivity index (χ0n) is 29.6. The van der Waals surface area contributed by atoms with Crippen molar-refractivity contribution in [3.05, 3.63) is 212 Å². The molecule has 54 heavy (non-hydrogen) atoms. The van der Waals surface area contributed by atoms with Gasteiger partial charge in [-0.1, -0.05) is 176 Å². The average molecular weight is 706 g/mol. The fourth-order valence-corrected chi connectivity index (χ4v) is 9.17. The van der Waals surface area contributed by atoms with Crippen LogP contribution in [0.5, 0.6) is 0 Å². The summed E-state index contributed by atoms with van der Waals surface area (Å²) in [6.45, 7) is 0. The second-order valence-electron chi connectivity index (χ2n) is 13.7. The smallest absolute Gasteiger partial charge is 0.0540 e. The van der Waals surface area contributed by atoms with E-state index in [0.717, 1.165) is 17.1 Å². The summed E-state index contributed by atoms with van der Waals surface area (Å²) < 4.78 is 2.62. The zero-order chi connectivity index (χ0) is 35.8. The molecule has 0 amide bonds. The van der Waals surface area contributed by atoms with Crippen LogP contribution in [-0.4, -0.2) is 0 Å². The van der Waals surface area contributed by atoms with Crippen LogP contribution in [0.25, 0.3) is 75.5 Å². The maximum Gasteiger partial charge on any atom is 0.0540 e. The van der Waals surface area contributed by atoms with E-state index >= 15 is 0 Å². The standard InChI is InChI=1S/C52H35NS/c1-2-14-36(15-3-1)37-28-32-40(33-29-37)53(50-26-10-8-21-46(50)48-24-13-25-49-47-22-9-11-27-51(47)54-52(48)49)41-34-30-39(31-35-41)43-19-6-7-20-44(43)45-23-12-17-38-16-4-5-18-42(38)45/h1-35H. The molecule has 9 aromatic carbocycles. The van der Waals surface area contributed by atoms with Crippen LogP contribution in [-0.2, 0) is 0 Å². The minimum Gasteiger partial charge on any atom is -0.310 e. The number of hydrogen-bond donors (Lipinski definition) is 0. The summed E-state index contributed by atoms with van der Waals surface area (Å²) in [6, 6.07) is 77.0. The minimum atomic E-state index is 1.10. The summed E-state index contributed by atoms with van der Waals surface area (Å²) in [5.74, 6) is 0. The van der Waals surface area contributed by atoms with Crippen molar-refractivity contribution in [2.24, 2.45) is 0 Å². The maximum atomic E-state index is 2.41. The monoisotopic (exact) mass is 705 g/mol. The molecule has 0 unspecified atom stereocenters. The number of para-hydroxylation sites is 1. The highest BCUT2D eigenvalue weighted by Gasteiger charge is 2.20. The number of thiophene rings is 1. The van der Waals surface area contributed by atoms with E-state index in [2.05, 4.69) is 217 Å². The summed E-state index contributed by atoms with van der Waals surface area (Å²) in [5, 5.41) is 5.12. The van der Waals surface area contributed by atoms with Gasteiger partial charge in [0.2, 0.25) is 0 Å². The molecule has 0 saturated heterocycles. The van der Waals surface area contributed by atoms with Crippen molar-refractivity contribution < 1.29 is 0 Å². The molecule has 2 heteroatoms. The molecular weight excluding hydrogens is 671 g/mol. The third-order valence-corrected chi connectivity index (χ3v) is 11.7. The van der Waals surface area contributed by atoms with Crippen LogP contribution in [0, 0.1) is 0 Å². The fourth-order valence-electron chi connectivity index (χ4n) is 7.94. The predicted octanol–water partition coefficient (Wildman–Crippen LogP) is 15.3. The summed E-state index contributed by atoms with van der Waals surface area (Å²) in [5.41, 5.74) is 13.1. The summed E-state index contributed by atoms with van der Waals surface area (Å²) >= 11 is 1.88. The maximum absolute atomic E-state index is 2.41. The van der Waals surface area contributed by atoms with Crippen molar-refractivity contribution in [1.29, 1.82) is 0 Å². The molecule has 0 aliphatic carbocycles. The third kappa shape index (κ3) is 5.65. The fraction of sp³-hybridized carbons (Fsp3) is 0. The molecule has 0 aliphatic rings. The molecule has 1 nitrogen and oxygen atoms in total. The SMILES string of the molecule is c1ccc(-c2ccc(N(c3ccc(-c4ccccc4-c4cccc5ccccc45)cc3)c3ccccc3-c3cccc4c3sc3ccccc34)cc2)cc1. The van der Waals surface area contributed by atoms with E-state index < -0.39 is 0 Å². The average Bonchev–Trinajstić information content (AvgIpc) is 3.64. The highest BCUT2D eigenvalue weighted by molar-refractivity contribution is 7.26. The predicted molar refractivity (Wildman–Crippen MR) is 233 cm³/mol. The molecule has 0 fully saturated rings. The van der Waals surface area contributed by atoms with E-state index in [4.69, 9.17) is 0 Å². The molecule has 10 aromatic rings. The van der Waals surface area contributed by atoms with Crippen molar-refractivity contribution in [3.8, 4) is 44.5 Å². The van der Waals surface area contributed by atoms with Gasteiger partial charge < -0.3 is 4.90 Å². The molecule has 0 spiro atoms. The largest absolute Gasteiger partial charge is 0.310 e. The van der Waals surface area contributed by atoms with Gasteiger partial charge in [0.15, 0.2) is 0 Å². The van der Waals surface area contributed by atoms with Gasteiger partial charge in [0.25, 0.3) is 0 Å². The van der Waals surface area contributed by atoms with Crippen LogP contribution in [0.1, 0.15) is 0 Å². The van der Waals surface area contributed by atoms with Gasteiger partial charge in [-0.15, -0.1) is 11.3 Å². The van der Waals surface area contributed by atoms with Crippen molar-refractivity contribution in [3.63, 3.8) is 0 Å². The van der Waals surface area contributed by atoms with Gasteiger partial charge in [0, 0.05) is 42.7 Å². The zero-order valence-corrected chi connectivity index (χ0v) is 30.4. The first kappa shape index (κ1) is 32.0. The van der Waals surface area contributed by atoms with E-state index in [9.17, 15) is 0 Å². The van der Waals surface area contributed by atoms with E-state index in [0.29, 0.717) is 0 Å². The lowest BCUT2D eigenvalue weighted by atomic mass is 9.91. The summed E-state index contributed by atoms with van der Waals surface area (Å²) in [7, 11) is 0. The topological polar surface area (TPSA) is 3.24 Å². The number of anilines is 3. The summed E-state index contributed by atoms with van der Waals surface area (Å²) in [6.07, 6.45) is 0. The molecule has 0 radical (unpaired) electrons. The van der Waals surface area contributed by atoms with Crippen LogP contribution in [0.3, 0.4) is 0 Å². The molecular formula is C52H35NS. The van der Waals surface area contributed by atoms with Gasteiger partial charge in [-0.05, 0) is 80.6 Å². The highest BCUT2D eigenvalue weighted by atomic mass is 32.1. The first-order chi connectivity index (χ1) is 26.8. The van der Waals surface area contributed by atoms with Crippen LogP contribution in [0.15, 0.2) is 212 Å². The number of rotatable bonds is 7. The van der Waals surface area contributed by atoms with Gasteiger partial charge in [-0.2, -0.15) is 0 Å². The van der Waals surface area contributed by atoms with Crippen LogP contribution in [0.2, 0.25) is 0 Å². The normalized spacial score (nSPS) is 11.3. The molecule has 10 rings (SSSR count). The number of benzene rings is 9. The molecule has 0 N–H and O–H groups in total. The molecule has 0 atom stereocenters. The van der Waals surface area contributed by atoms with Crippen LogP contribution in [0.4, 0.5) is 17.1 Å². The highest BCUT2D eigenvalue weighted by Crippen LogP contribution is 2.46. The van der Waals surface area contributed by atoms with Crippen molar-refractivity contribution in [2.45, 2.75) is 0 Å². The Morgan fingerprint density at radius 1 is 0.296 bits per heavy atom. The van der Waals surface area contributed by atoms with Crippen molar-refractivity contribution in [1.82, 2.24) is 0 Å². The van der Waals surface area contributed by atoms with Gasteiger partial charge >= 0.3 is 0 Å². The van der Waals surface area contributed by atoms with E-state index in [1.54, 1.807) is 0 Å². The Balaban J connectivity index is 1.12. The lowest BCUT2D eigenvalue weighted by Gasteiger charge is -2.28. The molecule has 0 aliphatic heterocycles. The van der Waals surface area contributed by atoms with Crippen molar-refractivity contribution in [2.75, 3.05) is 4.90 Å². The van der Waals surface area contributed by atoms with Gasteiger partial charge in [-0.25, -0.2) is 0 Å². The van der Waals surface area contributed by atoms with E-state index in [-0.39, 0.29) is 0 Å². The Morgan fingerprint density at radius 3 is 1.61 bits per heavy atom. The summed E-state index contributed by atoms with van der Waals surface area (Å²) in [4.78, 5) is 2.41. The number of fused-ring (bicyclic) bond motifs is 4. The molecule has 0 bridgehead atoms. The molecule has 0 saturated carbocycles. The van der Waals surface area contributed by atoms with Crippen molar-refractivity contribution >= 4 is 59.3 Å². The first-order valence-electron chi connectivity index (χ1n) is 18.4. The minimum absolute atomic E-state index is 1.10. The van der Waals surface area contributed by atoms with Crippen LogP contribution < -0.4 is 4.90 Å². The third-order valence-electron chi connectivity index (χ3n) is 10.5. The Bertz CT molecular complexity index is 2920. The molecule has 1 heterocycles. The lowest BCUT2D eigenvalue weighted by molar-refractivity contribution is 1.28. The Morgan fingerprint density at radius 2 is 0.815 bits per heavy atom. The lowest BCUT2D eigenvalue weighted by Crippen LogP contribution is -2.11. The quantitative estimate of drug-likeness (QED) is 0.160. The van der Waals surface area contributed by atoms with Gasteiger partial charge in [0.1, 0.15) is 0 Å². The molecule has 254 valence electrons. The second kappa shape index (κ2) is 13.7. The van der Waals surface area contributed by atoms with E-state index in [1.165, 1.54) is 75.5 Å². The second-order valence-corrected chi connectivity index (χ2v) is 14.7. The Labute approximate surface area is 319 Å². The van der Waals surface area contributed by atoms with Crippen LogP contribution >= 0.6 is 11.3 Å².